The van der Waals surface area contributed by atoms with E-state index in [-0.39, 0.29) is 0 Å². The molecule has 2 unspecified atom stereocenters. The zero-order chi connectivity index (χ0) is 8.97. The van der Waals surface area contributed by atoms with Crippen molar-refractivity contribution in [2.24, 2.45) is 11.8 Å². The van der Waals surface area contributed by atoms with Gasteiger partial charge in [0, 0.05) is 5.92 Å². The van der Waals surface area contributed by atoms with Crippen molar-refractivity contribution in [3.63, 3.8) is 0 Å². The average Bonchev–Trinajstić information content (AvgIpc) is 2.67. The molecule has 1 aliphatic carbocycles. The third kappa shape index (κ3) is 3.55. The van der Waals surface area contributed by atoms with Crippen molar-refractivity contribution in [2.45, 2.75) is 39.0 Å². The summed E-state index contributed by atoms with van der Waals surface area (Å²) in [6.07, 6.45) is 6.73. The zero-order valence-corrected chi connectivity index (χ0v) is 8.31. The molecule has 0 aromatic carbocycles. The third-order valence-corrected chi connectivity index (χ3v) is 2.80. The molecule has 1 N–H and O–H groups in total. The molecule has 0 spiro atoms. The van der Waals surface area contributed by atoms with Crippen molar-refractivity contribution in [3.05, 3.63) is 5.21 Å². The van der Waals surface area contributed by atoms with E-state index in [1.165, 1.54) is 32.1 Å². The number of rotatable bonds is 6. The molecule has 0 bridgehead atoms. The van der Waals surface area contributed by atoms with Crippen LogP contribution in [0.3, 0.4) is 0 Å². The molecule has 0 heterocycles. The van der Waals surface area contributed by atoms with E-state index in [9.17, 15) is 5.21 Å². The minimum atomic E-state index is 0.373. The molecule has 0 radical (unpaired) electrons. The summed E-state index contributed by atoms with van der Waals surface area (Å²) in [6.45, 7) is 3.08. The van der Waals surface area contributed by atoms with E-state index >= 15 is 0 Å². The van der Waals surface area contributed by atoms with Crippen LogP contribution in [0.5, 0.6) is 0 Å². The molecule has 2 nitrogen and oxygen atoms in total. The fourth-order valence-corrected chi connectivity index (χ4v) is 1.94. The lowest BCUT2D eigenvalue weighted by Gasteiger charge is -2.15. The smallest absolute Gasteiger partial charge is 0.0797 e. The summed E-state index contributed by atoms with van der Waals surface area (Å²) in [7, 11) is 1.71. The third-order valence-electron chi connectivity index (χ3n) is 2.80. The van der Waals surface area contributed by atoms with Crippen LogP contribution in [0.4, 0.5) is 0 Å². The Hall–Kier alpha value is -0.0800. The number of quaternary nitrogens is 1. The largest absolute Gasteiger partial charge is 0.634 e. The van der Waals surface area contributed by atoms with Crippen LogP contribution in [0.25, 0.3) is 0 Å². The molecule has 0 aliphatic heterocycles. The number of hydrogen-bond acceptors (Lipinski definition) is 1. The number of hydroxylamine groups is 2. The maximum absolute atomic E-state index is 10.8. The van der Waals surface area contributed by atoms with Crippen LogP contribution in [0.1, 0.15) is 39.0 Å². The van der Waals surface area contributed by atoms with Gasteiger partial charge < -0.3 is 10.3 Å². The molecule has 1 aliphatic rings. The molecular formula is C10H21NO. The van der Waals surface area contributed by atoms with Gasteiger partial charge in [0.15, 0.2) is 0 Å². The number of nitrogens with one attached hydrogen (secondary N) is 1. The second-order valence-corrected chi connectivity index (χ2v) is 4.16. The van der Waals surface area contributed by atoms with Crippen molar-refractivity contribution < 1.29 is 5.06 Å². The van der Waals surface area contributed by atoms with Crippen LogP contribution in [0.2, 0.25) is 0 Å². The highest BCUT2D eigenvalue weighted by Crippen LogP contribution is 2.41. The summed E-state index contributed by atoms with van der Waals surface area (Å²) < 4.78 is 0. The summed E-state index contributed by atoms with van der Waals surface area (Å²) in [4.78, 5) is 0. The second-order valence-electron chi connectivity index (χ2n) is 4.16. The first-order chi connectivity index (χ1) is 5.74. The first-order valence-corrected chi connectivity index (χ1v) is 5.23. The highest BCUT2D eigenvalue weighted by Gasteiger charge is 2.37. The van der Waals surface area contributed by atoms with Gasteiger partial charge >= 0.3 is 0 Å². The minimum Gasteiger partial charge on any atom is -0.634 e. The van der Waals surface area contributed by atoms with E-state index in [1.54, 1.807) is 7.05 Å². The molecule has 0 aromatic rings. The lowest BCUT2D eigenvalue weighted by Crippen LogP contribution is -3.04. The number of hydrogen-bond donors (Lipinski definition) is 1. The van der Waals surface area contributed by atoms with Gasteiger partial charge in [-0.25, -0.2) is 0 Å². The maximum Gasteiger partial charge on any atom is 0.0797 e. The molecule has 1 rings (SSSR count). The average molecular weight is 171 g/mol. The Labute approximate surface area is 75.5 Å². The van der Waals surface area contributed by atoms with Gasteiger partial charge in [-0.15, -0.1) is 0 Å². The molecule has 0 aromatic heterocycles. The Bertz CT molecular complexity index is 125. The van der Waals surface area contributed by atoms with Crippen molar-refractivity contribution in [1.29, 1.82) is 0 Å². The van der Waals surface area contributed by atoms with Crippen LogP contribution >= 0.6 is 0 Å². The first kappa shape index (κ1) is 10.0. The molecule has 1 saturated carbocycles. The fourth-order valence-electron chi connectivity index (χ4n) is 1.94. The molecule has 0 amide bonds. The van der Waals surface area contributed by atoms with Crippen LogP contribution < -0.4 is 5.06 Å². The molecule has 0 saturated heterocycles. The lowest BCUT2D eigenvalue weighted by molar-refractivity contribution is -0.828. The quantitative estimate of drug-likeness (QED) is 0.472. The summed E-state index contributed by atoms with van der Waals surface area (Å²) in [5.41, 5.74) is 0. The number of unbranched alkanes of at least 4 members (excludes halogenated alkanes) is 2. The SMILES string of the molecule is CCCCCC1C[C@@H]1C[NH+](C)[O-]. The normalized spacial score (nSPS) is 30.2. The predicted octanol–water partition coefficient (Wildman–Crippen LogP) is 1.22. The van der Waals surface area contributed by atoms with Gasteiger partial charge in [-0.1, -0.05) is 26.2 Å². The summed E-state index contributed by atoms with van der Waals surface area (Å²) in [6, 6.07) is 0. The van der Waals surface area contributed by atoms with Gasteiger partial charge in [-0.05, 0) is 18.8 Å². The van der Waals surface area contributed by atoms with E-state index < -0.39 is 0 Å². The van der Waals surface area contributed by atoms with Crippen LogP contribution in [0, 0.1) is 17.0 Å². The summed E-state index contributed by atoms with van der Waals surface area (Å²) >= 11 is 0. The second kappa shape index (κ2) is 4.83. The van der Waals surface area contributed by atoms with E-state index in [1.807, 2.05) is 0 Å². The molecule has 72 valence electrons. The van der Waals surface area contributed by atoms with Crippen molar-refractivity contribution >= 4 is 0 Å². The standard InChI is InChI=1S/C10H21NO/c1-3-4-5-6-9-7-10(9)8-11(2)12/h9-11H,3-8H2,1-2H3/t9?,10-/m1/s1. The molecule has 3 atom stereocenters. The Kier molecular flexibility index (Phi) is 4.02. The Morgan fingerprint density at radius 3 is 2.67 bits per heavy atom. The predicted molar refractivity (Wildman–Crippen MR) is 50.9 cm³/mol. The van der Waals surface area contributed by atoms with Gasteiger partial charge in [0.1, 0.15) is 0 Å². The van der Waals surface area contributed by atoms with Crippen molar-refractivity contribution in [3.8, 4) is 0 Å². The molecule has 12 heavy (non-hydrogen) atoms. The van der Waals surface area contributed by atoms with E-state index in [4.69, 9.17) is 0 Å². The van der Waals surface area contributed by atoms with Gasteiger partial charge in [0.05, 0.1) is 13.6 Å². The molecule has 2 heteroatoms. The minimum absolute atomic E-state index is 0.373. The molecular weight excluding hydrogens is 150 g/mol. The summed E-state index contributed by atoms with van der Waals surface area (Å²) in [5, 5.41) is 11.1. The van der Waals surface area contributed by atoms with Gasteiger partial charge in [-0.2, -0.15) is 0 Å². The van der Waals surface area contributed by atoms with Gasteiger partial charge in [0.2, 0.25) is 0 Å². The monoisotopic (exact) mass is 171 g/mol. The maximum atomic E-state index is 10.8. The Balaban J connectivity index is 1.93. The Morgan fingerprint density at radius 1 is 1.33 bits per heavy atom. The van der Waals surface area contributed by atoms with Crippen LogP contribution in [-0.4, -0.2) is 13.6 Å². The topological polar surface area (TPSA) is 27.5 Å². The van der Waals surface area contributed by atoms with Gasteiger partial charge in [0.25, 0.3) is 0 Å². The lowest BCUT2D eigenvalue weighted by atomic mass is 10.1. The zero-order valence-electron chi connectivity index (χ0n) is 8.31. The van der Waals surface area contributed by atoms with Gasteiger partial charge in [-0.3, -0.25) is 0 Å². The first-order valence-electron chi connectivity index (χ1n) is 5.23. The molecule has 1 fully saturated rings. The van der Waals surface area contributed by atoms with Crippen LogP contribution in [0.15, 0.2) is 0 Å². The highest BCUT2D eigenvalue weighted by atomic mass is 16.5. The van der Waals surface area contributed by atoms with E-state index in [0.29, 0.717) is 5.06 Å². The summed E-state index contributed by atoms with van der Waals surface area (Å²) in [5.74, 6) is 1.67. The Morgan fingerprint density at radius 2 is 2.08 bits per heavy atom. The van der Waals surface area contributed by atoms with Crippen molar-refractivity contribution in [2.75, 3.05) is 13.6 Å². The van der Waals surface area contributed by atoms with E-state index in [0.717, 1.165) is 18.4 Å². The van der Waals surface area contributed by atoms with Crippen LogP contribution in [-0.2, 0) is 0 Å². The van der Waals surface area contributed by atoms with Crippen molar-refractivity contribution in [1.82, 2.24) is 0 Å². The highest BCUT2D eigenvalue weighted by molar-refractivity contribution is 4.85. The fraction of sp³-hybridized carbons (Fsp3) is 1.00. The van der Waals surface area contributed by atoms with E-state index in [2.05, 4.69) is 6.92 Å².